The third kappa shape index (κ3) is 3.20. The highest BCUT2D eigenvalue weighted by molar-refractivity contribution is 9.10. The van der Waals surface area contributed by atoms with E-state index in [-0.39, 0.29) is 23.8 Å². The molecule has 1 unspecified atom stereocenters. The molecule has 0 radical (unpaired) electrons. The minimum Gasteiger partial charge on any atom is -0.462 e. The molecule has 0 saturated heterocycles. The highest BCUT2D eigenvalue weighted by Crippen LogP contribution is 2.44. The van der Waals surface area contributed by atoms with Crippen LogP contribution >= 0.6 is 15.9 Å². The van der Waals surface area contributed by atoms with Gasteiger partial charge in [0.1, 0.15) is 17.1 Å². The van der Waals surface area contributed by atoms with Gasteiger partial charge in [0.2, 0.25) is 5.88 Å². The highest BCUT2D eigenvalue weighted by atomic mass is 79.9. The van der Waals surface area contributed by atoms with Gasteiger partial charge in [-0.05, 0) is 47.0 Å². The zero-order valence-corrected chi connectivity index (χ0v) is 15.2. The van der Waals surface area contributed by atoms with Crippen LogP contribution in [0.25, 0.3) is 0 Å². The molecule has 0 fully saturated rings. The first-order valence-corrected chi connectivity index (χ1v) is 8.79. The summed E-state index contributed by atoms with van der Waals surface area (Å²) in [5.74, 6) is -1.72. The van der Waals surface area contributed by atoms with Crippen molar-refractivity contribution in [1.82, 2.24) is 0 Å². The zero-order chi connectivity index (χ0) is 18.1. The van der Waals surface area contributed by atoms with E-state index >= 15 is 0 Å². The third-order valence-corrected chi connectivity index (χ3v) is 4.90. The molecule has 1 heterocycles. The van der Waals surface area contributed by atoms with E-state index in [1.54, 1.807) is 13.0 Å². The van der Waals surface area contributed by atoms with Crippen molar-refractivity contribution in [3.63, 3.8) is 0 Å². The van der Waals surface area contributed by atoms with Gasteiger partial charge in [-0.2, -0.15) is 0 Å². The van der Waals surface area contributed by atoms with Crippen LogP contribution in [0.5, 0.6) is 0 Å². The summed E-state index contributed by atoms with van der Waals surface area (Å²) in [6.07, 6.45) is 1.56. The van der Waals surface area contributed by atoms with E-state index in [0.717, 1.165) is 0 Å². The van der Waals surface area contributed by atoms with Crippen LogP contribution in [0.3, 0.4) is 0 Å². The van der Waals surface area contributed by atoms with E-state index in [0.29, 0.717) is 40.6 Å². The summed E-state index contributed by atoms with van der Waals surface area (Å²) in [6, 6.07) is 4.48. The van der Waals surface area contributed by atoms with Crippen LogP contribution in [-0.4, -0.2) is 18.4 Å². The Bertz CT molecular complexity index is 815. The molecule has 1 aliphatic heterocycles. The quantitative estimate of drug-likeness (QED) is 0.773. The maximum absolute atomic E-state index is 14.1. The highest BCUT2D eigenvalue weighted by Gasteiger charge is 2.41. The molecule has 2 aliphatic rings. The molecule has 2 N–H and O–H groups in total. The van der Waals surface area contributed by atoms with Crippen molar-refractivity contribution in [3.05, 3.63) is 56.8 Å². The number of esters is 1. The van der Waals surface area contributed by atoms with Gasteiger partial charge in [0.25, 0.3) is 0 Å². The molecule has 1 aliphatic carbocycles. The van der Waals surface area contributed by atoms with Crippen molar-refractivity contribution in [2.45, 2.75) is 32.1 Å². The predicted molar refractivity (Wildman–Crippen MR) is 91.7 cm³/mol. The van der Waals surface area contributed by atoms with Gasteiger partial charge in [-0.3, -0.25) is 4.79 Å². The molecule has 25 heavy (non-hydrogen) atoms. The maximum atomic E-state index is 14.1. The summed E-state index contributed by atoms with van der Waals surface area (Å²) in [5, 5.41) is 0. The number of halogens is 2. The van der Waals surface area contributed by atoms with Crippen molar-refractivity contribution in [2.24, 2.45) is 5.73 Å². The van der Waals surface area contributed by atoms with Crippen molar-refractivity contribution in [3.8, 4) is 0 Å². The molecule has 3 rings (SSSR count). The average Bonchev–Trinajstić information content (AvgIpc) is 2.56. The minimum absolute atomic E-state index is 0.0394. The number of nitrogens with two attached hydrogens (primary N) is 1. The van der Waals surface area contributed by atoms with E-state index in [2.05, 4.69) is 15.9 Å². The van der Waals surface area contributed by atoms with E-state index in [4.69, 9.17) is 15.2 Å². The molecular formula is C18H17BrFNO4. The Labute approximate surface area is 152 Å². The largest absolute Gasteiger partial charge is 0.462 e. The first-order valence-electron chi connectivity index (χ1n) is 7.99. The molecule has 7 heteroatoms. The summed E-state index contributed by atoms with van der Waals surface area (Å²) < 4.78 is 25.0. The standard InChI is InChI=1S/C18H17BrFNO4/c1-2-24-18(23)16-14(9-6-7-10(19)11(20)8-9)15-12(22)4-3-5-13(15)25-17(16)21/h6-8,14H,2-5,21H2,1H3. The number of carbonyl (C=O) groups is 2. The number of allylic oxidation sites excluding steroid dienone is 2. The summed E-state index contributed by atoms with van der Waals surface area (Å²) in [4.78, 5) is 25.0. The Hall–Kier alpha value is -2.15. The third-order valence-electron chi connectivity index (χ3n) is 4.26. The fourth-order valence-electron chi connectivity index (χ4n) is 3.19. The summed E-state index contributed by atoms with van der Waals surface area (Å²) in [7, 11) is 0. The van der Waals surface area contributed by atoms with Gasteiger partial charge >= 0.3 is 5.97 Å². The van der Waals surface area contributed by atoms with Gasteiger partial charge in [-0.1, -0.05) is 6.07 Å². The Morgan fingerprint density at radius 2 is 2.20 bits per heavy atom. The molecule has 1 atom stereocenters. The number of carbonyl (C=O) groups excluding carboxylic acids is 2. The van der Waals surface area contributed by atoms with Crippen LogP contribution in [0.1, 0.15) is 37.7 Å². The number of ketones is 1. The molecule has 1 aromatic carbocycles. The van der Waals surface area contributed by atoms with Crippen molar-refractivity contribution in [2.75, 3.05) is 6.61 Å². The van der Waals surface area contributed by atoms with E-state index in [9.17, 15) is 14.0 Å². The second kappa shape index (κ2) is 7.00. The van der Waals surface area contributed by atoms with Gasteiger partial charge < -0.3 is 15.2 Å². The SMILES string of the molecule is CCOC(=O)C1=C(N)OC2=C(C(=O)CCC2)C1c1ccc(Br)c(F)c1. The van der Waals surface area contributed by atoms with Crippen LogP contribution in [-0.2, 0) is 19.1 Å². The normalized spacial score (nSPS) is 20.3. The molecule has 1 aromatic rings. The molecule has 0 bridgehead atoms. The van der Waals surface area contributed by atoms with Gasteiger partial charge in [0.15, 0.2) is 5.78 Å². The summed E-state index contributed by atoms with van der Waals surface area (Å²) in [6.45, 7) is 1.82. The molecule has 0 aromatic heterocycles. The molecule has 0 amide bonds. The van der Waals surface area contributed by atoms with Gasteiger partial charge in [0.05, 0.1) is 17.0 Å². The number of benzene rings is 1. The topological polar surface area (TPSA) is 78.6 Å². The zero-order valence-electron chi connectivity index (χ0n) is 13.6. The smallest absolute Gasteiger partial charge is 0.340 e. The fraction of sp³-hybridized carbons (Fsp3) is 0.333. The first kappa shape index (κ1) is 17.7. The average molecular weight is 410 g/mol. The van der Waals surface area contributed by atoms with Gasteiger partial charge in [-0.15, -0.1) is 0 Å². The van der Waals surface area contributed by atoms with Crippen LogP contribution < -0.4 is 5.73 Å². The number of Topliss-reactive ketones (excluding diaryl/α,β-unsaturated/α-hetero) is 1. The number of hydrogen-bond acceptors (Lipinski definition) is 5. The van der Waals surface area contributed by atoms with E-state index in [1.165, 1.54) is 12.1 Å². The lowest BCUT2D eigenvalue weighted by Gasteiger charge is -2.32. The second-order valence-electron chi connectivity index (χ2n) is 5.82. The Morgan fingerprint density at radius 3 is 2.88 bits per heavy atom. The lowest BCUT2D eigenvalue weighted by atomic mass is 9.77. The number of ether oxygens (including phenoxy) is 2. The summed E-state index contributed by atoms with van der Waals surface area (Å²) in [5.41, 5.74) is 6.83. The minimum atomic E-state index is -0.793. The number of hydrogen-bond donors (Lipinski definition) is 1. The Kier molecular flexibility index (Phi) is 4.94. The van der Waals surface area contributed by atoms with Gasteiger partial charge in [-0.25, -0.2) is 9.18 Å². The Balaban J connectivity index is 2.18. The van der Waals surface area contributed by atoms with Crippen molar-refractivity contribution in [1.29, 1.82) is 0 Å². The fourth-order valence-corrected chi connectivity index (χ4v) is 3.44. The predicted octanol–water partition coefficient (Wildman–Crippen LogP) is 3.44. The van der Waals surface area contributed by atoms with Crippen molar-refractivity contribution < 1.29 is 23.5 Å². The van der Waals surface area contributed by atoms with Crippen LogP contribution in [0.2, 0.25) is 0 Å². The van der Waals surface area contributed by atoms with E-state index in [1.807, 2.05) is 0 Å². The molecule has 0 saturated carbocycles. The molecule has 5 nitrogen and oxygen atoms in total. The molecular weight excluding hydrogens is 393 g/mol. The second-order valence-corrected chi connectivity index (χ2v) is 6.67. The van der Waals surface area contributed by atoms with Crippen molar-refractivity contribution >= 4 is 27.7 Å². The molecule has 0 spiro atoms. The lowest BCUT2D eigenvalue weighted by Crippen LogP contribution is -2.31. The lowest BCUT2D eigenvalue weighted by molar-refractivity contribution is -0.139. The number of rotatable bonds is 3. The monoisotopic (exact) mass is 409 g/mol. The van der Waals surface area contributed by atoms with Gasteiger partial charge in [0, 0.05) is 18.4 Å². The van der Waals surface area contributed by atoms with Crippen LogP contribution in [0.15, 0.2) is 45.5 Å². The Morgan fingerprint density at radius 1 is 1.44 bits per heavy atom. The first-order chi connectivity index (χ1) is 11.9. The van der Waals surface area contributed by atoms with Crippen LogP contribution in [0.4, 0.5) is 4.39 Å². The molecule has 132 valence electrons. The van der Waals surface area contributed by atoms with E-state index < -0.39 is 17.7 Å². The summed E-state index contributed by atoms with van der Waals surface area (Å²) >= 11 is 3.11. The van der Waals surface area contributed by atoms with Crippen LogP contribution in [0, 0.1) is 5.82 Å². The maximum Gasteiger partial charge on any atom is 0.340 e.